The summed E-state index contributed by atoms with van der Waals surface area (Å²) in [4.78, 5) is 11.6. The Morgan fingerprint density at radius 1 is 1.16 bits per heavy atom. The Kier molecular flexibility index (Phi) is 4.98. The highest BCUT2D eigenvalue weighted by molar-refractivity contribution is 5.97. The number of aromatic nitrogens is 2. The number of hydrogen-bond donors (Lipinski definition) is 2. The number of nitrogens with one attached hydrogen (secondary N) is 1. The first-order valence-corrected chi connectivity index (χ1v) is 8.46. The van der Waals surface area contributed by atoms with E-state index in [1.165, 1.54) is 22.3 Å². The molecular weight excluding hydrogens is 308 g/mol. The molecule has 25 heavy (non-hydrogen) atoms. The summed E-state index contributed by atoms with van der Waals surface area (Å²) in [5.74, 6) is 0.802. The minimum atomic E-state index is 0.241. The topological polar surface area (TPSA) is 67.1 Å². The van der Waals surface area contributed by atoms with E-state index >= 15 is 0 Å². The minimum absolute atomic E-state index is 0.241. The number of aliphatic imine (C=N–C) groups is 1. The van der Waals surface area contributed by atoms with Crippen LogP contribution in [0.2, 0.25) is 0 Å². The van der Waals surface area contributed by atoms with Crippen molar-refractivity contribution in [3.63, 3.8) is 0 Å². The molecule has 3 aromatic rings. The Bertz CT molecular complexity index is 861. The van der Waals surface area contributed by atoms with Crippen LogP contribution in [0, 0.1) is 13.8 Å². The summed E-state index contributed by atoms with van der Waals surface area (Å²) < 4.78 is 0. The van der Waals surface area contributed by atoms with E-state index in [4.69, 9.17) is 5.73 Å². The van der Waals surface area contributed by atoms with E-state index in [9.17, 15) is 0 Å². The molecule has 3 rings (SSSR count). The van der Waals surface area contributed by atoms with Gasteiger partial charge in [-0.3, -0.25) is 4.99 Å². The highest BCUT2D eigenvalue weighted by Crippen LogP contribution is 2.30. The van der Waals surface area contributed by atoms with Gasteiger partial charge in [0, 0.05) is 30.4 Å². The fourth-order valence-electron chi connectivity index (χ4n) is 3.17. The molecule has 4 heteroatoms. The number of aromatic amines is 1. The van der Waals surface area contributed by atoms with Crippen LogP contribution in [0.3, 0.4) is 0 Å². The summed E-state index contributed by atoms with van der Waals surface area (Å²) in [6.45, 7) is 4.35. The fraction of sp³-hybridized carbons (Fsp3) is 0.238. The van der Waals surface area contributed by atoms with E-state index in [0.717, 1.165) is 17.7 Å². The van der Waals surface area contributed by atoms with E-state index in [1.54, 1.807) is 13.4 Å². The first-order valence-electron chi connectivity index (χ1n) is 8.46. The molecule has 128 valence electrons. The van der Waals surface area contributed by atoms with Crippen LogP contribution in [0.5, 0.6) is 0 Å². The first-order chi connectivity index (χ1) is 12.1. The fourth-order valence-corrected chi connectivity index (χ4v) is 3.17. The van der Waals surface area contributed by atoms with Crippen LogP contribution in [0.1, 0.15) is 39.4 Å². The normalized spacial score (nSPS) is 13.0. The Hall–Kier alpha value is -2.88. The lowest BCUT2D eigenvalue weighted by Gasteiger charge is -2.20. The maximum absolute atomic E-state index is 5.89. The third kappa shape index (κ3) is 3.63. The third-order valence-electron chi connectivity index (χ3n) is 4.85. The molecule has 0 saturated heterocycles. The largest absolute Gasteiger partial charge is 0.384 e. The maximum Gasteiger partial charge on any atom is 0.125 e. The standard InChI is InChI=1S/C21H24N4/c1-14-5-4-6-18(15(14)2)19(20-12-24-13-25-20)11-16-7-9-17(10-8-16)21(22)23-3/h4-10,12-13,19H,11H2,1-3H3,(H2,22,23)(H,24,25). The molecular formula is C21H24N4. The zero-order valence-electron chi connectivity index (χ0n) is 15.0. The van der Waals surface area contributed by atoms with Crippen LogP contribution in [-0.4, -0.2) is 22.9 Å². The average Bonchev–Trinajstić information content (AvgIpc) is 3.16. The smallest absolute Gasteiger partial charge is 0.125 e. The highest BCUT2D eigenvalue weighted by Gasteiger charge is 2.19. The van der Waals surface area contributed by atoms with Gasteiger partial charge in [-0.15, -0.1) is 0 Å². The van der Waals surface area contributed by atoms with Crippen molar-refractivity contribution in [1.82, 2.24) is 9.97 Å². The van der Waals surface area contributed by atoms with E-state index in [2.05, 4.69) is 59.1 Å². The average molecular weight is 332 g/mol. The lowest BCUT2D eigenvalue weighted by Crippen LogP contribution is -2.13. The Labute approximate surface area is 148 Å². The van der Waals surface area contributed by atoms with Gasteiger partial charge in [0.1, 0.15) is 5.84 Å². The quantitative estimate of drug-likeness (QED) is 0.552. The van der Waals surface area contributed by atoms with Crippen molar-refractivity contribution in [2.24, 2.45) is 10.7 Å². The molecule has 2 aromatic carbocycles. The Balaban J connectivity index is 1.95. The highest BCUT2D eigenvalue weighted by atomic mass is 14.9. The van der Waals surface area contributed by atoms with Crippen molar-refractivity contribution < 1.29 is 0 Å². The van der Waals surface area contributed by atoms with Crippen molar-refractivity contribution in [2.45, 2.75) is 26.2 Å². The number of nitrogens with zero attached hydrogens (tertiary/aromatic N) is 2. The van der Waals surface area contributed by atoms with Crippen molar-refractivity contribution >= 4 is 5.84 Å². The summed E-state index contributed by atoms with van der Waals surface area (Å²) in [6.07, 6.45) is 4.56. The third-order valence-corrected chi connectivity index (χ3v) is 4.85. The van der Waals surface area contributed by atoms with Crippen molar-refractivity contribution in [3.05, 3.63) is 88.5 Å². The molecule has 1 unspecified atom stereocenters. The number of H-pyrrole nitrogens is 1. The lowest BCUT2D eigenvalue weighted by molar-refractivity contribution is 0.773. The van der Waals surface area contributed by atoms with Gasteiger partial charge in [-0.05, 0) is 42.5 Å². The molecule has 1 aromatic heterocycles. The Morgan fingerprint density at radius 3 is 2.56 bits per heavy atom. The van der Waals surface area contributed by atoms with Gasteiger partial charge in [-0.2, -0.15) is 0 Å². The molecule has 0 fully saturated rings. The van der Waals surface area contributed by atoms with Gasteiger partial charge < -0.3 is 10.7 Å². The number of imidazole rings is 1. The molecule has 0 radical (unpaired) electrons. The van der Waals surface area contributed by atoms with Crippen LogP contribution in [-0.2, 0) is 6.42 Å². The maximum atomic E-state index is 5.89. The van der Waals surface area contributed by atoms with Gasteiger partial charge in [0.15, 0.2) is 0 Å². The molecule has 0 aliphatic heterocycles. The lowest BCUT2D eigenvalue weighted by atomic mass is 9.85. The molecule has 4 nitrogen and oxygen atoms in total. The van der Waals surface area contributed by atoms with Gasteiger partial charge >= 0.3 is 0 Å². The van der Waals surface area contributed by atoms with E-state index < -0.39 is 0 Å². The van der Waals surface area contributed by atoms with Crippen LogP contribution < -0.4 is 5.73 Å². The van der Waals surface area contributed by atoms with Crippen LogP contribution in [0.4, 0.5) is 0 Å². The number of nitrogens with two attached hydrogens (primary N) is 1. The number of benzene rings is 2. The summed E-state index contributed by atoms with van der Waals surface area (Å²) in [5.41, 5.74) is 13.2. The summed E-state index contributed by atoms with van der Waals surface area (Å²) in [7, 11) is 1.71. The molecule has 0 saturated carbocycles. The number of amidine groups is 1. The SMILES string of the molecule is CN=C(N)c1ccc(CC(c2cnc[nH]2)c2cccc(C)c2C)cc1. The van der Waals surface area contributed by atoms with E-state index in [1.807, 2.05) is 18.3 Å². The monoisotopic (exact) mass is 332 g/mol. The van der Waals surface area contributed by atoms with E-state index in [0.29, 0.717) is 5.84 Å². The molecule has 1 heterocycles. The van der Waals surface area contributed by atoms with Gasteiger partial charge in [0.05, 0.1) is 6.33 Å². The van der Waals surface area contributed by atoms with Crippen molar-refractivity contribution in [1.29, 1.82) is 0 Å². The van der Waals surface area contributed by atoms with Crippen LogP contribution in [0.25, 0.3) is 0 Å². The van der Waals surface area contributed by atoms with Crippen molar-refractivity contribution in [2.75, 3.05) is 7.05 Å². The molecule has 1 atom stereocenters. The van der Waals surface area contributed by atoms with Gasteiger partial charge in [-0.25, -0.2) is 4.98 Å². The predicted molar refractivity (Wildman–Crippen MR) is 103 cm³/mol. The number of hydrogen-bond acceptors (Lipinski definition) is 2. The van der Waals surface area contributed by atoms with Gasteiger partial charge in [0.25, 0.3) is 0 Å². The van der Waals surface area contributed by atoms with Gasteiger partial charge in [0.2, 0.25) is 0 Å². The summed E-state index contributed by atoms with van der Waals surface area (Å²) in [5, 5.41) is 0. The van der Waals surface area contributed by atoms with Crippen LogP contribution in [0.15, 0.2) is 60.0 Å². The molecule has 0 bridgehead atoms. The number of aryl methyl sites for hydroxylation is 1. The second-order valence-electron chi connectivity index (χ2n) is 6.36. The minimum Gasteiger partial charge on any atom is -0.384 e. The van der Waals surface area contributed by atoms with Gasteiger partial charge in [-0.1, -0.05) is 42.5 Å². The molecule has 0 amide bonds. The first kappa shape index (κ1) is 17.0. The zero-order valence-corrected chi connectivity index (χ0v) is 15.0. The summed E-state index contributed by atoms with van der Waals surface area (Å²) >= 11 is 0. The molecule has 0 aliphatic carbocycles. The van der Waals surface area contributed by atoms with Crippen molar-refractivity contribution in [3.8, 4) is 0 Å². The molecule has 0 spiro atoms. The zero-order chi connectivity index (χ0) is 17.8. The van der Waals surface area contributed by atoms with Crippen LogP contribution >= 0.6 is 0 Å². The second-order valence-corrected chi connectivity index (χ2v) is 6.36. The number of rotatable bonds is 5. The predicted octanol–water partition coefficient (Wildman–Crippen LogP) is 3.74. The summed E-state index contributed by atoms with van der Waals surface area (Å²) in [6, 6.07) is 14.8. The van der Waals surface area contributed by atoms with E-state index in [-0.39, 0.29) is 5.92 Å². The molecule has 0 aliphatic rings. The molecule has 3 N–H and O–H groups in total. The second kappa shape index (κ2) is 7.34. The Morgan fingerprint density at radius 2 is 1.92 bits per heavy atom.